The van der Waals surface area contributed by atoms with Crippen LogP contribution in [0.2, 0.25) is 0 Å². The molecule has 0 aliphatic carbocycles. The fourth-order valence-electron chi connectivity index (χ4n) is 2.24. The van der Waals surface area contributed by atoms with Gasteiger partial charge < -0.3 is 20.3 Å². The lowest BCUT2D eigenvalue weighted by atomic mass is 9.97. The van der Waals surface area contributed by atoms with Crippen molar-refractivity contribution >= 4 is 11.9 Å². The van der Waals surface area contributed by atoms with Gasteiger partial charge in [-0.3, -0.25) is 4.79 Å². The maximum atomic E-state index is 12.2. The third kappa shape index (κ3) is 3.15. The van der Waals surface area contributed by atoms with E-state index < -0.39 is 24.0 Å². The maximum absolute atomic E-state index is 12.2. The van der Waals surface area contributed by atoms with Crippen LogP contribution in [0.5, 0.6) is 0 Å². The van der Waals surface area contributed by atoms with Crippen LogP contribution < -0.4 is 5.32 Å². The summed E-state index contributed by atoms with van der Waals surface area (Å²) in [4.78, 5) is 23.2. The molecule has 1 aliphatic heterocycles. The Hall–Kier alpha value is -1.92. The van der Waals surface area contributed by atoms with Gasteiger partial charge in [-0.05, 0) is 17.5 Å². The Balaban J connectivity index is 2.12. The van der Waals surface area contributed by atoms with E-state index in [1.54, 1.807) is 6.07 Å². The first-order valence-corrected chi connectivity index (χ1v) is 6.47. The van der Waals surface area contributed by atoms with Crippen molar-refractivity contribution in [2.24, 2.45) is 0 Å². The number of hydrogen-bond donors (Lipinski definition) is 3. The van der Waals surface area contributed by atoms with E-state index in [2.05, 4.69) is 5.32 Å². The second kappa shape index (κ2) is 6.49. The first kappa shape index (κ1) is 14.5. The lowest BCUT2D eigenvalue weighted by molar-refractivity contribution is -0.145. The number of carbonyl (C=O) groups excluding carboxylic acids is 1. The molecule has 1 aromatic carbocycles. The Morgan fingerprint density at radius 2 is 2.15 bits per heavy atom. The minimum absolute atomic E-state index is 0.0323. The number of amides is 1. The number of carbonyl (C=O) groups is 2. The second-order valence-electron chi connectivity index (χ2n) is 4.61. The highest BCUT2D eigenvalue weighted by Crippen LogP contribution is 2.27. The standard InChI is InChI=1S/C14H17NO5/c16-7-5-11(14(18)19)15-13(17)12-10-4-2-1-3-9(10)6-8-20-12/h1-4,11-12,16H,5-8H2,(H,15,17)(H,18,19)/t11-,12?/m1/s1. The van der Waals surface area contributed by atoms with Gasteiger partial charge in [-0.25, -0.2) is 4.79 Å². The summed E-state index contributed by atoms with van der Waals surface area (Å²) in [5.74, 6) is -1.66. The van der Waals surface area contributed by atoms with Crippen LogP contribution >= 0.6 is 0 Å². The molecule has 6 nitrogen and oxygen atoms in total. The van der Waals surface area contributed by atoms with E-state index in [4.69, 9.17) is 14.9 Å². The lowest BCUT2D eigenvalue weighted by Crippen LogP contribution is -2.44. The molecule has 1 aliphatic rings. The summed E-state index contributed by atoms with van der Waals surface area (Å²) in [5.41, 5.74) is 1.80. The average Bonchev–Trinajstić information content (AvgIpc) is 2.46. The van der Waals surface area contributed by atoms with E-state index in [-0.39, 0.29) is 13.0 Å². The molecule has 0 saturated heterocycles. The number of aliphatic hydroxyl groups excluding tert-OH is 1. The van der Waals surface area contributed by atoms with Crippen LogP contribution in [0.4, 0.5) is 0 Å². The molecule has 2 atom stereocenters. The van der Waals surface area contributed by atoms with Gasteiger partial charge in [-0.1, -0.05) is 24.3 Å². The number of aliphatic hydroxyl groups is 1. The highest BCUT2D eigenvalue weighted by Gasteiger charge is 2.30. The van der Waals surface area contributed by atoms with E-state index in [0.29, 0.717) is 6.61 Å². The van der Waals surface area contributed by atoms with E-state index in [0.717, 1.165) is 17.5 Å². The highest BCUT2D eigenvalue weighted by molar-refractivity contribution is 5.87. The summed E-state index contributed by atoms with van der Waals surface area (Å²) >= 11 is 0. The van der Waals surface area contributed by atoms with Gasteiger partial charge in [-0.15, -0.1) is 0 Å². The van der Waals surface area contributed by atoms with Crippen LogP contribution in [0.3, 0.4) is 0 Å². The molecule has 0 aromatic heterocycles. The van der Waals surface area contributed by atoms with Crippen molar-refractivity contribution < 1.29 is 24.5 Å². The van der Waals surface area contributed by atoms with Crippen LogP contribution in [0.15, 0.2) is 24.3 Å². The molecule has 3 N–H and O–H groups in total. The molecule has 1 aromatic rings. The van der Waals surface area contributed by atoms with Gasteiger partial charge >= 0.3 is 5.97 Å². The zero-order chi connectivity index (χ0) is 14.5. The molecule has 1 heterocycles. The maximum Gasteiger partial charge on any atom is 0.326 e. The fourth-order valence-corrected chi connectivity index (χ4v) is 2.24. The molecule has 0 bridgehead atoms. The molecular weight excluding hydrogens is 262 g/mol. The van der Waals surface area contributed by atoms with Crippen molar-refractivity contribution in [1.82, 2.24) is 5.32 Å². The van der Waals surface area contributed by atoms with Crippen LogP contribution in [-0.4, -0.2) is 41.3 Å². The SMILES string of the molecule is O=C(N[C@H](CCO)C(=O)O)C1OCCc2ccccc21. The Morgan fingerprint density at radius 1 is 1.40 bits per heavy atom. The number of aliphatic carboxylic acids is 1. The van der Waals surface area contributed by atoms with Crippen LogP contribution in [0.25, 0.3) is 0 Å². The second-order valence-corrected chi connectivity index (χ2v) is 4.61. The Bertz CT molecular complexity index is 502. The normalized spacial score (nSPS) is 18.9. The summed E-state index contributed by atoms with van der Waals surface area (Å²) in [6.45, 7) is 0.117. The van der Waals surface area contributed by atoms with Gasteiger partial charge in [0, 0.05) is 13.0 Å². The minimum atomic E-state index is -1.17. The molecule has 0 spiro atoms. The van der Waals surface area contributed by atoms with E-state index >= 15 is 0 Å². The quantitative estimate of drug-likeness (QED) is 0.718. The van der Waals surface area contributed by atoms with Gasteiger partial charge in [0.15, 0.2) is 6.10 Å². The van der Waals surface area contributed by atoms with Crippen molar-refractivity contribution in [2.45, 2.75) is 25.0 Å². The lowest BCUT2D eigenvalue weighted by Gasteiger charge is -2.26. The Labute approximate surface area is 116 Å². The van der Waals surface area contributed by atoms with E-state index in [1.165, 1.54) is 0 Å². The van der Waals surface area contributed by atoms with Gasteiger partial charge in [0.05, 0.1) is 6.61 Å². The molecule has 2 rings (SSSR count). The molecule has 20 heavy (non-hydrogen) atoms. The number of benzene rings is 1. The van der Waals surface area contributed by atoms with Crippen molar-refractivity contribution in [1.29, 1.82) is 0 Å². The Kier molecular flexibility index (Phi) is 4.70. The molecule has 0 radical (unpaired) electrons. The van der Waals surface area contributed by atoms with Crippen molar-refractivity contribution in [3.8, 4) is 0 Å². The number of rotatable bonds is 5. The topological polar surface area (TPSA) is 95.9 Å². The van der Waals surface area contributed by atoms with Crippen LogP contribution in [0.1, 0.15) is 23.7 Å². The molecule has 0 saturated carbocycles. The third-order valence-electron chi connectivity index (χ3n) is 3.26. The molecular formula is C14H17NO5. The average molecular weight is 279 g/mol. The zero-order valence-corrected chi connectivity index (χ0v) is 10.9. The van der Waals surface area contributed by atoms with Crippen molar-refractivity contribution in [2.75, 3.05) is 13.2 Å². The van der Waals surface area contributed by atoms with Gasteiger partial charge in [0.2, 0.25) is 0 Å². The summed E-state index contributed by atoms with van der Waals surface area (Å²) in [6.07, 6.45) is -0.0884. The predicted octanol–water partition coefficient (Wildman–Crippen LogP) is 0.252. The molecule has 1 unspecified atom stereocenters. The minimum Gasteiger partial charge on any atom is -0.480 e. The summed E-state index contributed by atoms with van der Waals surface area (Å²) in [6, 6.07) is 6.34. The van der Waals surface area contributed by atoms with Gasteiger partial charge in [0.25, 0.3) is 5.91 Å². The first-order valence-electron chi connectivity index (χ1n) is 6.47. The van der Waals surface area contributed by atoms with Gasteiger partial charge in [-0.2, -0.15) is 0 Å². The number of nitrogens with one attached hydrogen (secondary N) is 1. The van der Waals surface area contributed by atoms with Gasteiger partial charge in [0.1, 0.15) is 6.04 Å². The largest absolute Gasteiger partial charge is 0.480 e. The summed E-state index contributed by atoms with van der Waals surface area (Å²) in [7, 11) is 0. The van der Waals surface area contributed by atoms with Crippen LogP contribution in [0, 0.1) is 0 Å². The van der Waals surface area contributed by atoms with Crippen molar-refractivity contribution in [3.05, 3.63) is 35.4 Å². The predicted molar refractivity (Wildman–Crippen MR) is 70.1 cm³/mol. The third-order valence-corrected chi connectivity index (χ3v) is 3.26. The molecule has 1 amide bonds. The number of ether oxygens (including phenoxy) is 1. The molecule has 108 valence electrons. The first-order chi connectivity index (χ1) is 9.63. The highest BCUT2D eigenvalue weighted by atomic mass is 16.5. The number of carboxylic acid groups (broad SMARTS) is 1. The fraction of sp³-hybridized carbons (Fsp3) is 0.429. The van der Waals surface area contributed by atoms with E-state index in [9.17, 15) is 9.59 Å². The zero-order valence-electron chi connectivity index (χ0n) is 10.9. The number of hydrogen-bond acceptors (Lipinski definition) is 4. The molecule has 0 fully saturated rings. The summed E-state index contributed by atoms with van der Waals surface area (Å²) in [5, 5.41) is 20.2. The van der Waals surface area contributed by atoms with Crippen LogP contribution in [-0.2, 0) is 20.7 Å². The summed E-state index contributed by atoms with van der Waals surface area (Å²) < 4.78 is 5.46. The number of fused-ring (bicyclic) bond motifs is 1. The van der Waals surface area contributed by atoms with E-state index in [1.807, 2.05) is 18.2 Å². The molecule has 6 heteroatoms. The number of carboxylic acids is 1. The monoisotopic (exact) mass is 279 g/mol. The Morgan fingerprint density at radius 3 is 2.85 bits per heavy atom. The van der Waals surface area contributed by atoms with Crippen molar-refractivity contribution in [3.63, 3.8) is 0 Å². The smallest absolute Gasteiger partial charge is 0.326 e.